The molecular formula is C13H17ClN2O3. The van der Waals surface area contributed by atoms with Gasteiger partial charge in [0, 0.05) is 10.7 Å². The highest BCUT2D eigenvalue weighted by molar-refractivity contribution is 6.30. The first-order chi connectivity index (χ1) is 8.70. The third kappa shape index (κ3) is 4.79. The quantitative estimate of drug-likeness (QED) is 0.798. The van der Waals surface area contributed by atoms with E-state index in [-0.39, 0.29) is 0 Å². The zero-order valence-electron chi connectivity index (χ0n) is 11.0. The molecule has 0 aliphatic carbocycles. The number of amides is 2. The third-order valence-corrected chi connectivity index (χ3v) is 2.71. The molecule has 19 heavy (non-hydrogen) atoms. The highest BCUT2D eigenvalue weighted by atomic mass is 35.5. The van der Waals surface area contributed by atoms with E-state index in [0.717, 1.165) is 0 Å². The molecule has 5 nitrogen and oxygen atoms in total. The number of hydrogen-bond donors (Lipinski definition) is 3. The van der Waals surface area contributed by atoms with E-state index in [1.165, 1.54) is 0 Å². The average Bonchev–Trinajstić information content (AvgIpc) is 2.24. The van der Waals surface area contributed by atoms with Crippen molar-refractivity contribution >= 4 is 29.3 Å². The van der Waals surface area contributed by atoms with Crippen LogP contribution in [0.1, 0.15) is 20.8 Å². The van der Waals surface area contributed by atoms with E-state index >= 15 is 0 Å². The van der Waals surface area contributed by atoms with E-state index in [1.807, 2.05) is 0 Å². The van der Waals surface area contributed by atoms with Gasteiger partial charge in [-0.25, -0.2) is 9.59 Å². The number of benzene rings is 1. The monoisotopic (exact) mass is 284 g/mol. The largest absolute Gasteiger partial charge is 0.480 e. The summed E-state index contributed by atoms with van der Waals surface area (Å²) < 4.78 is 0. The van der Waals surface area contributed by atoms with Gasteiger partial charge in [-0.1, -0.05) is 38.4 Å². The number of carboxylic acid groups (broad SMARTS) is 1. The van der Waals surface area contributed by atoms with Crippen LogP contribution in [-0.4, -0.2) is 23.1 Å². The summed E-state index contributed by atoms with van der Waals surface area (Å²) in [5, 5.41) is 14.6. The fourth-order valence-electron chi connectivity index (χ4n) is 1.51. The maximum Gasteiger partial charge on any atom is 0.326 e. The summed E-state index contributed by atoms with van der Waals surface area (Å²) in [5.41, 5.74) is -0.0830. The van der Waals surface area contributed by atoms with Crippen LogP contribution in [-0.2, 0) is 4.79 Å². The zero-order chi connectivity index (χ0) is 14.6. The van der Waals surface area contributed by atoms with E-state index in [2.05, 4.69) is 10.6 Å². The second-order valence-electron chi connectivity index (χ2n) is 5.25. The molecule has 1 atom stereocenters. The van der Waals surface area contributed by atoms with Crippen LogP contribution in [0, 0.1) is 5.41 Å². The summed E-state index contributed by atoms with van der Waals surface area (Å²) >= 11 is 5.79. The molecule has 0 bridgehead atoms. The molecule has 0 aliphatic heterocycles. The van der Waals surface area contributed by atoms with E-state index in [4.69, 9.17) is 16.7 Å². The Kier molecular flexibility index (Phi) is 4.78. The van der Waals surface area contributed by atoms with Crippen LogP contribution in [0.5, 0.6) is 0 Å². The second kappa shape index (κ2) is 5.93. The molecule has 0 saturated heterocycles. The van der Waals surface area contributed by atoms with Crippen LogP contribution in [0.3, 0.4) is 0 Å². The Morgan fingerprint density at radius 3 is 2.42 bits per heavy atom. The Labute approximate surface area is 117 Å². The lowest BCUT2D eigenvalue weighted by Crippen LogP contribution is -2.50. The number of halogens is 1. The van der Waals surface area contributed by atoms with Gasteiger partial charge in [-0.05, 0) is 23.6 Å². The predicted octanol–water partition coefficient (Wildman–Crippen LogP) is 2.96. The molecule has 0 aromatic heterocycles. The van der Waals surface area contributed by atoms with Gasteiger partial charge in [0.05, 0.1) is 0 Å². The van der Waals surface area contributed by atoms with Crippen LogP contribution >= 0.6 is 11.6 Å². The lowest BCUT2D eigenvalue weighted by molar-refractivity contribution is -0.141. The molecule has 0 radical (unpaired) electrons. The fraction of sp³-hybridized carbons (Fsp3) is 0.385. The van der Waals surface area contributed by atoms with E-state index in [1.54, 1.807) is 45.0 Å². The SMILES string of the molecule is CC(C)(C)C(NC(=O)Nc1cccc(Cl)c1)C(=O)O. The number of aliphatic carboxylic acids is 1. The summed E-state index contributed by atoms with van der Waals surface area (Å²) in [6, 6.07) is 5.05. The number of carboxylic acids is 1. The van der Waals surface area contributed by atoms with Gasteiger partial charge in [0.1, 0.15) is 6.04 Å². The molecule has 1 unspecified atom stereocenters. The zero-order valence-corrected chi connectivity index (χ0v) is 11.8. The Balaban J connectivity index is 2.71. The van der Waals surface area contributed by atoms with Crippen molar-refractivity contribution in [3.05, 3.63) is 29.3 Å². The molecule has 1 rings (SSSR count). The van der Waals surface area contributed by atoms with Gasteiger partial charge in [-0.3, -0.25) is 0 Å². The molecule has 3 N–H and O–H groups in total. The van der Waals surface area contributed by atoms with Crippen molar-refractivity contribution in [1.82, 2.24) is 5.32 Å². The summed E-state index contributed by atoms with van der Waals surface area (Å²) in [6.45, 7) is 5.22. The lowest BCUT2D eigenvalue weighted by Gasteiger charge is -2.27. The smallest absolute Gasteiger partial charge is 0.326 e. The minimum atomic E-state index is -1.08. The van der Waals surface area contributed by atoms with Gasteiger partial charge >= 0.3 is 12.0 Å². The lowest BCUT2D eigenvalue weighted by atomic mass is 9.87. The summed E-state index contributed by atoms with van der Waals surface area (Å²) in [6.07, 6.45) is 0. The molecule has 0 heterocycles. The van der Waals surface area contributed by atoms with Crippen LogP contribution in [0.25, 0.3) is 0 Å². The van der Waals surface area contributed by atoms with Gasteiger partial charge in [-0.15, -0.1) is 0 Å². The van der Waals surface area contributed by atoms with Gasteiger partial charge < -0.3 is 15.7 Å². The molecule has 2 amide bonds. The first-order valence-electron chi connectivity index (χ1n) is 5.76. The summed E-state index contributed by atoms with van der Waals surface area (Å²) in [5.74, 6) is -1.08. The number of carbonyl (C=O) groups excluding carboxylic acids is 1. The Morgan fingerprint density at radius 1 is 1.32 bits per heavy atom. The predicted molar refractivity (Wildman–Crippen MR) is 74.5 cm³/mol. The Hall–Kier alpha value is -1.75. The highest BCUT2D eigenvalue weighted by Crippen LogP contribution is 2.20. The molecule has 1 aromatic rings. The molecule has 0 saturated carbocycles. The molecule has 1 aromatic carbocycles. The molecule has 104 valence electrons. The van der Waals surface area contributed by atoms with Gasteiger partial charge in [0.15, 0.2) is 0 Å². The number of anilines is 1. The minimum Gasteiger partial charge on any atom is -0.480 e. The molecular weight excluding hydrogens is 268 g/mol. The Bertz CT molecular complexity index is 483. The normalized spacial score (nSPS) is 12.6. The highest BCUT2D eigenvalue weighted by Gasteiger charge is 2.32. The van der Waals surface area contributed by atoms with E-state index < -0.39 is 23.5 Å². The number of urea groups is 1. The average molecular weight is 285 g/mol. The van der Waals surface area contributed by atoms with Crippen LogP contribution in [0.2, 0.25) is 5.02 Å². The van der Waals surface area contributed by atoms with Crippen molar-refractivity contribution in [3.63, 3.8) is 0 Å². The topological polar surface area (TPSA) is 78.4 Å². The van der Waals surface area contributed by atoms with Crippen molar-refractivity contribution in [2.24, 2.45) is 5.41 Å². The molecule has 0 spiro atoms. The van der Waals surface area contributed by atoms with Crippen LogP contribution in [0.4, 0.5) is 10.5 Å². The van der Waals surface area contributed by atoms with Crippen molar-refractivity contribution < 1.29 is 14.7 Å². The van der Waals surface area contributed by atoms with Gasteiger partial charge in [0.2, 0.25) is 0 Å². The van der Waals surface area contributed by atoms with Gasteiger partial charge in [-0.2, -0.15) is 0 Å². The van der Waals surface area contributed by atoms with Crippen molar-refractivity contribution in [3.8, 4) is 0 Å². The fourth-order valence-corrected chi connectivity index (χ4v) is 1.70. The number of carbonyl (C=O) groups is 2. The molecule has 0 aliphatic rings. The molecule has 6 heteroatoms. The first kappa shape index (κ1) is 15.3. The van der Waals surface area contributed by atoms with Crippen LogP contribution in [0.15, 0.2) is 24.3 Å². The van der Waals surface area contributed by atoms with Crippen molar-refractivity contribution in [2.45, 2.75) is 26.8 Å². The summed E-state index contributed by atoms with van der Waals surface area (Å²) in [7, 11) is 0. The van der Waals surface area contributed by atoms with Crippen LogP contribution < -0.4 is 10.6 Å². The summed E-state index contributed by atoms with van der Waals surface area (Å²) in [4.78, 5) is 22.9. The number of hydrogen-bond acceptors (Lipinski definition) is 2. The van der Waals surface area contributed by atoms with E-state index in [0.29, 0.717) is 10.7 Å². The van der Waals surface area contributed by atoms with Crippen molar-refractivity contribution in [2.75, 3.05) is 5.32 Å². The van der Waals surface area contributed by atoms with Gasteiger partial charge in [0.25, 0.3) is 0 Å². The first-order valence-corrected chi connectivity index (χ1v) is 6.14. The Morgan fingerprint density at radius 2 is 1.95 bits per heavy atom. The molecule has 0 fully saturated rings. The minimum absolute atomic E-state index is 0.489. The number of nitrogens with one attached hydrogen (secondary N) is 2. The third-order valence-electron chi connectivity index (χ3n) is 2.47. The van der Waals surface area contributed by atoms with E-state index in [9.17, 15) is 9.59 Å². The number of rotatable bonds is 3. The maximum atomic E-state index is 11.8. The maximum absolute atomic E-state index is 11.8. The van der Waals surface area contributed by atoms with Crippen molar-refractivity contribution in [1.29, 1.82) is 0 Å². The second-order valence-corrected chi connectivity index (χ2v) is 5.68. The standard InChI is InChI=1S/C13H17ClN2O3/c1-13(2,3)10(11(17)18)16-12(19)15-9-6-4-5-8(14)7-9/h4-7,10H,1-3H3,(H,17,18)(H2,15,16,19).